The number of amides is 2. The van der Waals surface area contributed by atoms with Gasteiger partial charge in [0.15, 0.2) is 0 Å². The van der Waals surface area contributed by atoms with E-state index in [0.29, 0.717) is 46.4 Å². The molecule has 1 aromatic heterocycles. The number of ether oxygens (including phenoxy) is 2. The second kappa shape index (κ2) is 16.1. The fraction of sp³-hybridized carbons (Fsp3) is 0.243. The average molecular weight is 714 g/mol. The van der Waals surface area contributed by atoms with Gasteiger partial charge in [-0.05, 0) is 75.8 Å². The maximum absolute atomic E-state index is 14.0. The van der Waals surface area contributed by atoms with Crippen molar-refractivity contribution in [3.8, 4) is 5.75 Å². The normalized spacial score (nSPS) is 11.5. The quantitative estimate of drug-likeness (QED) is 0.137. The predicted molar refractivity (Wildman–Crippen MR) is 188 cm³/mol. The molecule has 1 atom stereocenters. The highest BCUT2D eigenvalue weighted by atomic mass is 79.9. The van der Waals surface area contributed by atoms with Crippen LogP contribution in [0, 0.1) is 6.92 Å². The zero-order chi connectivity index (χ0) is 34.0. The van der Waals surface area contributed by atoms with Crippen molar-refractivity contribution >= 4 is 44.8 Å². The smallest absolute Gasteiger partial charge is 0.407 e. The minimum Gasteiger partial charge on any atom is -0.497 e. The highest BCUT2D eigenvalue weighted by Gasteiger charge is 2.26. The van der Waals surface area contributed by atoms with Crippen molar-refractivity contribution in [1.29, 1.82) is 0 Å². The number of nitrogens with one attached hydrogen (secondary N) is 2. The minimum absolute atomic E-state index is 0.0782. The van der Waals surface area contributed by atoms with Gasteiger partial charge in [-0.2, -0.15) is 4.98 Å². The van der Waals surface area contributed by atoms with Gasteiger partial charge in [-0.15, -0.1) is 0 Å². The number of rotatable bonds is 13. The molecule has 48 heavy (non-hydrogen) atoms. The van der Waals surface area contributed by atoms with E-state index in [1.165, 1.54) is 0 Å². The van der Waals surface area contributed by atoms with Crippen LogP contribution in [0.4, 0.5) is 10.8 Å². The van der Waals surface area contributed by atoms with Crippen LogP contribution in [0.5, 0.6) is 5.75 Å². The summed E-state index contributed by atoms with van der Waals surface area (Å²) in [5.41, 5.74) is 3.80. The zero-order valence-corrected chi connectivity index (χ0v) is 28.6. The molecule has 0 aliphatic rings. The van der Waals surface area contributed by atoms with Crippen LogP contribution in [-0.2, 0) is 35.6 Å². The summed E-state index contributed by atoms with van der Waals surface area (Å²) in [7, 11) is 1.60. The van der Waals surface area contributed by atoms with Crippen LogP contribution in [0.25, 0.3) is 10.9 Å². The lowest BCUT2D eigenvalue weighted by Crippen LogP contribution is -2.44. The Labute approximate surface area is 287 Å². The molecule has 11 heteroatoms. The molecule has 0 aliphatic heterocycles. The van der Waals surface area contributed by atoms with Gasteiger partial charge in [-0.25, -0.2) is 9.59 Å². The fourth-order valence-electron chi connectivity index (χ4n) is 5.31. The number of hydrogen-bond donors (Lipinski definition) is 2. The van der Waals surface area contributed by atoms with Gasteiger partial charge in [0, 0.05) is 30.5 Å². The van der Waals surface area contributed by atoms with Crippen molar-refractivity contribution < 1.29 is 23.5 Å². The Bertz CT molecular complexity index is 1920. The summed E-state index contributed by atoms with van der Waals surface area (Å²) in [4.78, 5) is 46.2. The molecule has 5 aromatic rings. The molecule has 10 nitrogen and oxygen atoms in total. The van der Waals surface area contributed by atoms with Gasteiger partial charge < -0.3 is 29.4 Å². The van der Waals surface area contributed by atoms with Gasteiger partial charge in [0.05, 0.1) is 18.0 Å². The van der Waals surface area contributed by atoms with Crippen molar-refractivity contribution in [2.45, 2.75) is 46.0 Å². The molecule has 0 fully saturated rings. The number of hydrogen-bond acceptors (Lipinski definition) is 8. The van der Waals surface area contributed by atoms with Crippen molar-refractivity contribution in [2.24, 2.45) is 0 Å². The summed E-state index contributed by atoms with van der Waals surface area (Å²) in [5.74, 6) is 0.535. The van der Waals surface area contributed by atoms with E-state index in [1.54, 1.807) is 25.0 Å². The van der Waals surface area contributed by atoms with Gasteiger partial charge in [0.2, 0.25) is 5.91 Å². The molecule has 4 aromatic carbocycles. The first-order valence-corrected chi connectivity index (χ1v) is 16.3. The van der Waals surface area contributed by atoms with E-state index >= 15 is 0 Å². The van der Waals surface area contributed by atoms with Crippen molar-refractivity contribution in [3.05, 3.63) is 134 Å². The van der Waals surface area contributed by atoms with Gasteiger partial charge in [0.1, 0.15) is 18.4 Å². The number of halogens is 1. The molecule has 0 aliphatic carbocycles. The lowest BCUT2D eigenvalue weighted by molar-refractivity contribution is -0.132. The molecule has 1 unspecified atom stereocenters. The number of carbonyl (C=O) groups excluding carboxylic acids is 2. The molecule has 0 bridgehead atoms. The average Bonchev–Trinajstić information content (AvgIpc) is 3.11. The second-order valence-corrected chi connectivity index (χ2v) is 12.0. The first-order valence-electron chi connectivity index (χ1n) is 15.5. The van der Waals surface area contributed by atoms with Gasteiger partial charge in [0.25, 0.3) is 6.01 Å². The zero-order valence-electron chi connectivity index (χ0n) is 27.0. The molecule has 5 rings (SSSR count). The number of methoxy groups -OCH3 is 1. The number of benzene rings is 4. The third kappa shape index (κ3) is 8.60. The summed E-state index contributed by atoms with van der Waals surface area (Å²) < 4.78 is 16.8. The molecule has 0 saturated heterocycles. The van der Waals surface area contributed by atoms with Crippen LogP contribution >= 0.6 is 15.9 Å². The van der Waals surface area contributed by atoms with E-state index in [9.17, 15) is 14.4 Å². The molecule has 1 heterocycles. The van der Waals surface area contributed by atoms with Gasteiger partial charge >= 0.3 is 11.7 Å². The summed E-state index contributed by atoms with van der Waals surface area (Å²) in [5, 5.41) is 6.13. The van der Waals surface area contributed by atoms with Gasteiger partial charge in [-0.1, -0.05) is 72.8 Å². The van der Waals surface area contributed by atoms with E-state index in [4.69, 9.17) is 13.9 Å². The van der Waals surface area contributed by atoms with Gasteiger partial charge in [-0.3, -0.25) is 4.79 Å². The van der Waals surface area contributed by atoms with Crippen LogP contribution in [0.2, 0.25) is 0 Å². The molecule has 2 N–H and O–H groups in total. The number of fused-ring (bicyclic) bond motifs is 1. The second-order valence-electron chi connectivity index (χ2n) is 11.2. The number of alkyl carbamates (subject to hydrolysis) is 1. The SMILES string of the molecule is CCN(Cc1ccccc1)C(=O)C(Cc1ccc(OC)cc1)Nc1nc2c(Br)cc(CNC(=O)OCc3ccccc3)c(C)c2c(=O)o1. The maximum Gasteiger partial charge on any atom is 0.407 e. The number of carbonyl (C=O) groups is 2. The van der Waals surface area contributed by atoms with E-state index in [1.807, 2.05) is 91.9 Å². The predicted octanol–water partition coefficient (Wildman–Crippen LogP) is 6.77. The summed E-state index contributed by atoms with van der Waals surface area (Å²) in [6.07, 6.45) is -0.275. The molecular weight excluding hydrogens is 676 g/mol. The van der Waals surface area contributed by atoms with Crippen LogP contribution in [0.1, 0.15) is 34.7 Å². The molecule has 0 saturated carbocycles. The van der Waals surface area contributed by atoms with E-state index in [2.05, 4.69) is 31.5 Å². The number of aryl methyl sites for hydroxylation is 1. The number of aromatic nitrogens is 1. The summed E-state index contributed by atoms with van der Waals surface area (Å²) in [6.45, 7) is 4.86. The Hall–Kier alpha value is -5.16. The highest BCUT2D eigenvalue weighted by molar-refractivity contribution is 9.10. The van der Waals surface area contributed by atoms with E-state index < -0.39 is 17.8 Å². The molecule has 0 radical (unpaired) electrons. The summed E-state index contributed by atoms with van der Waals surface area (Å²) >= 11 is 3.55. The molecule has 0 spiro atoms. The largest absolute Gasteiger partial charge is 0.497 e. The Kier molecular flexibility index (Phi) is 11.5. The van der Waals surface area contributed by atoms with E-state index in [0.717, 1.165) is 16.7 Å². The Balaban J connectivity index is 1.38. The number of nitrogens with zero attached hydrogens (tertiary/aromatic N) is 2. The van der Waals surface area contributed by atoms with Crippen LogP contribution in [0.15, 0.2) is 105 Å². The minimum atomic E-state index is -0.791. The van der Waals surface area contributed by atoms with Crippen LogP contribution in [-0.4, -0.2) is 41.6 Å². The number of anilines is 1. The lowest BCUT2D eigenvalue weighted by atomic mass is 10.0. The molecular formula is C37H37BrN4O6. The molecule has 2 amide bonds. The Morgan fingerprint density at radius 1 is 0.958 bits per heavy atom. The van der Waals surface area contributed by atoms with Crippen LogP contribution < -0.4 is 21.0 Å². The number of likely N-dealkylation sites (N-methyl/N-ethyl adjacent to an activating group) is 1. The Morgan fingerprint density at radius 3 is 2.27 bits per heavy atom. The Morgan fingerprint density at radius 2 is 1.62 bits per heavy atom. The molecule has 248 valence electrons. The highest BCUT2D eigenvalue weighted by Crippen LogP contribution is 2.28. The third-order valence-electron chi connectivity index (χ3n) is 7.97. The first kappa shape index (κ1) is 34.2. The monoisotopic (exact) mass is 712 g/mol. The van der Waals surface area contributed by atoms with Crippen molar-refractivity contribution in [2.75, 3.05) is 19.0 Å². The van der Waals surface area contributed by atoms with E-state index in [-0.39, 0.29) is 30.5 Å². The maximum atomic E-state index is 14.0. The fourth-order valence-corrected chi connectivity index (χ4v) is 5.88. The topological polar surface area (TPSA) is 123 Å². The van der Waals surface area contributed by atoms with Crippen molar-refractivity contribution in [1.82, 2.24) is 15.2 Å². The first-order chi connectivity index (χ1) is 23.2. The van der Waals surface area contributed by atoms with Crippen molar-refractivity contribution in [3.63, 3.8) is 0 Å². The third-order valence-corrected chi connectivity index (χ3v) is 8.57. The van der Waals surface area contributed by atoms with Crippen LogP contribution in [0.3, 0.4) is 0 Å². The lowest BCUT2D eigenvalue weighted by Gasteiger charge is -2.27. The standard InChI is InChI=1S/C37H37BrN4O6/c1-4-42(22-26-11-7-5-8-12-26)34(43)31(19-25-15-17-29(46-3)18-16-25)40-36-41-33-30(38)20-28(24(2)32(33)35(44)48-36)21-39-37(45)47-23-27-13-9-6-10-14-27/h5-18,20,31H,4,19,21-23H2,1-3H3,(H,39,45)(H,40,41). The summed E-state index contributed by atoms with van der Waals surface area (Å²) in [6, 6.07) is 27.5.